The van der Waals surface area contributed by atoms with E-state index < -0.39 is 5.72 Å². The van der Waals surface area contributed by atoms with Gasteiger partial charge in [0.25, 0.3) is 0 Å². The van der Waals surface area contributed by atoms with Crippen molar-refractivity contribution in [2.45, 2.75) is 32.4 Å². The summed E-state index contributed by atoms with van der Waals surface area (Å²) in [5.41, 5.74) is -0.0806. The number of aliphatic hydroxyl groups is 1. The van der Waals surface area contributed by atoms with Gasteiger partial charge in [-0.15, -0.1) is 6.58 Å². The summed E-state index contributed by atoms with van der Waals surface area (Å²) < 4.78 is 0. The first-order chi connectivity index (χ1) is 8.42. The van der Waals surface area contributed by atoms with E-state index >= 15 is 0 Å². The molecule has 0 bridgehead atoms. The molecular formula is C15H21NO2. The van der Waals surface area contributed by atoms with E-state index in [4.69, 9.17) is 0 Å². The van der Waals surface area contributed by atoms with E-state index in [1.807, 2.05) is 30.3 Å². The Morgan fingerprint density at radius 3 is 2.56 bits per heavy atom. The van der Waals surface area contributed by atoms with Gasteiger partial charge in [0.15, 0.2) is 0 Å². The van der Waals surface area contributed by atoms with Gasteiger partial charge in [0, 0.05) is 5.92 Å². The van der Waals surface area contributed by atoms with Crippen LogP contribution in [0.3, 0.4) is 0 Å². The summed E-state index contributed by atoms with van der Waals surface area (Å²) in [6.45, 7) is 6.79. The Hall–Kier alpha value is -1.61. The lowest BCUT2D eigenvalue weighted by Crippen LogP contribution is -2.46. The highest BCUT2D eigenvalue weighted by atomic mass is 16.3. The van der Waals surface area contributed by atoms with Crippen LogP contribution in [0.25, 0.3) is 0 Å². The second-order valence-electron chi connectivity index (χ2n) is 4.96. The standard InChI is InChI=1S/C15H21NO2/c1-4-8-13(14(17)16-15(2,3)18)11-12-9-6-5-7-10-12/h4-7,9-10,13,18H,1,8,11H2,2-3H3,(H,16,17)/t13-/m0/s1. The molecule has 1 amide bonds. The first-order valence-corrected chi connectivity index (χ1v) is 6.11. The monoisotopic (exact) mass is 247 g/mol. The van der Waals surface area contributed by atoms with Crippen LogP contribution in [-0.4, -0.2) is 16.7 Å². The van der Waals surface area contributed by atoms with Crippen LogP contribution in [0.15, 0.2) is 43.0 Å². The van der Waals surface area contributed by atoms with Crippen molar-refractivity contribution in [3.63, 3.8) is 0 Å². The van der Waals surface area contributed by atoms with Gasteiger partial charge < -0.3 is 10.4 Å². The highest BCUT2D eigenvalue weighted by Gasteiger charge is 2.23. The lowest BCUT2D eigenvalue weighted by molar-refractivity contribution is -0.130. The topological polar surface area (TPSA) is 49.3 Å². The van der Waals surface area contributed by atoms with Gasteiger partial charge in [-0.25, -0.2) is 0 Å². The van der Waals surface area contributed by atoms with E-state index in [0.29, 0.717) is 12.8 Å². The molecule has 2 N–H and O–H groups in total. The third kappa shape index (κ3) is 5.15. The van der Waals surface area contributed by atoms with Crippen molar-refractivity contribution in [1.29, 1.82) is 0 Å². The Bertz CT molecular complexity index is 393. The number of nitrogens with one attached hydrogen (secondary N) is 1. The molecule has 0 spiro atoms. The van der Waals surface area contributed by atoms with Crippen molar-refractivity contribution < 1.29 is 9.90 Å². The van der Waals surface area contributed by atoms with E-state index in [0.717, 1.165) is 5.56 Å². The lowest BCUT2D eigenvalue weighted by atomic mass is 9.95. The Morgan fingerprint density at radius 2 is 2.06 bits per heavy atom. The van der Waals surface area contributed by atoms with Crippen molar-refractivity contribution in [2.24, 2.45) is 5.92 Å². The number of benzene rings is 1. The molecule has 18 heavy (non-hydrogen) atoms. The molecule has 3 nitrogen and oxygen atoms in total. The number of carbonyl (C=O) groups excluding carboxylic acids is 1. The summed E-state index contributed by atoms with van der Waals surface area (Å²) in [5, 5.41) is 12.2. The average molecular weight is 247 g/mol. The minimum Gasteiger partial charge on any atom is -0.372 e. The van der Waals surface area contributed by atoms with Crippen LogP contribution in [0.1, 0.15) is 25.8 Å². The average Bonchev–Trinajstić information content (AvgIpc) is 2.27. The fraction of sp³-hybridized carbons (Fsp3) is 0.400. The Labute approximate surface area is 109 Å². The van der Waals surface area contributed by atoms with E-state index in [2.05, 4.69) is 11.9 Å². The minimum atomic E-state index is -1.19. The van der Waals surface area contributed by atoms with Crippen molar-refractivity contribution in [3.05, 3.63) is 48.6 Å². The maximum Gasteiger partial charge on any atom is 0.225 e. The summed E-state index contributed by atoms with van der Waals surface area (Å²) in [4.78, 5) is 12.0. The van der Waals surface area contributed by atoms with Gasteiger partial charge >= 0.3 is 0 Å². The lowest BCUT2D eigenvalue weighted by Gasteiger charge is -2.23. The maximum atomic E-state index is 12.0. The molecule has 0 aliphatic rings. The van der Waals surface area contributed by atoms with Gasteiger partial charge in [-0.1, -0.05) is 36.4 Å². The summed E-state index contributed by atoms with van der Waals surface area (Å²) in [5.74, 6) is -0.345. The van der Waals surface area contributed by atoms with Crippen LogP contribution in [0.4, 0.5) is 0 Å². The molecule has 1 aromatic rings. The summed E-state index contributed by atoms with van der Waals surface area (Å²) in [7, 11) is 0. The molecule has 0 heterocycles. The molecule has 1 aromatic carbocycles. The van der Waals surface area contributed by atoms with Gasteiger partial charge in [-0.3, -0.25) is 4.79 Å². The SMILES string of the molecule is C=CC[C@@H](Cc1ccccc1)C(=O)NC(C)(C)O. The highest BCUT2D eigenvalue weighted by Crippen LogP contribution is 2.14. The fourth-order valence-electron chi connectivity index (χ4n) is 1.79. The maximum absolute atomic E-state index is 12.0. The second-order valence-corrected chi connectivity index (χ2v) is 4.96. The smallest absolute Gasteiger partial charge is 0.225 e. The quantitative estimate of drug-likeness (QED) is 0.598. The first kappa shape index (κ1) is 14.5. The molecule has 0 fully saturated rings. The number of carbonyl (C=O) groups is 1. The molecule has 1 atom stereocenters. The van der Waals surface area contributed by atoms with Gasteiger partial charge in [0.2, 0.25) is 5.91 Å². The first-order valence-electron chi connectivity index (χ1n) is 6.11. The zero-order chi connectivity index (χ0) is 13.6. The van der Waals surface area contributed by atoms with Gasteiger partial charge in [-0.05, 0) is 32.3 Å². The second kappa shape index (κ2) is 6.36. The Morgan fingerprint density at radius 1 is 1.44 bits per heavy atom. The predicted octanol–water partition coefficient (Wildman–Crippen LogP) is 2.27. The summed E-state index contributed by atoms with van der Waals surface area (Å²) in [6.07, 6.45) is 2.98. The third-order valence-corrected chi connectivity index (χ3v) is 2.58. The zero-order valence-electron chi connectivity index (χ0n) is 11.0. The van der Waals surface area contributed by atoms with E-state index in [1.165, 1.54) is 0 Å². The number of hydrogen-bond acceptors (Lipinski definition) is 2. The largest absolute Gasteiger partial charge is 0.372 e. The fourth-order valence-corrected chi connectivity index (χ4v) is 1.79. The van der Waals surface area contributed by atoms with Crippen molar-refractivity contribution >= 4 is 5.91 Å². The van der Waals surface area contributed by atoms with E-state index in [1.54, 1.807) is 19.9 Å². The van der Waals surface area contributed by atoms with Crippen LogP contribution < -0.4 is 5.32 Å². The number of rotatable bonds is 6. The van der Waals surface area contributed by atoms with E-state index in [-0.39, 0.29) is 11.8 Å². The number of hydrogen-bond donors (Lipinski definition) is 2. The molecular weight excluding hydrogens is 226 g/mol. The minimum absolute atomic E-state index is 0.147. The molecule has 0 radical (unpaired) electrons. The van der Waals surface area contributed by atoms with Gasteiger partial charge in [-0.2, -0.15) is 0 Å². The van der Waals surface area contributed by atoms with Crippen molar-refractivity contribution in [2.75, 3.05) is 0 Å². The zero-order valence-corrected chi connectivity index (χ0v) is 11.0. The van der Waals surface area contributed by atoms with Gasteiger partial charge in [0.05, 0.1) is 0 Å². The Balaban J connectivity index is 2.71. The molecule has 0 saturated heterocycles. The highest BCUT2D eigenvalue weighted by molar-refractivity contribution is 5.79. The summed E-state index contributed by atoms with van der Waals surface area (Å²) in [6, 6.07) is 9.84. The molecule has 0 saturated carbocycles. The normalized spacial score (nSPS) is 12.8. The molecule has 3 heteroatoms. The Kier molecular flexibility index (Phi) is 5.10. The van der Waals surface area contributed by atoms with Crippen LogP contribution in [0.5, 0.6) is 0 Å². The summed E-state index contributed by atoms with van der Waals surface area (Å²) >= 11 is 0. The molecule has 0 aliphatic heterocycles. The van der Waals surface area contributed by atoms with Gasteiger partial charge in [0.1, 0.15) is 5.72 Å². The van der Waals surface area contributed by atoms with Crippen molar-refractivity contribution in [3.8, 4) is 0 Å². The number of amides is 1. The van der Waals surface area contributed by atoms with Crippen LogP contribution in [0.2, 0.25) is 0 Å². The molecule has 98 valence electrons. The molecule has 0 unspecified atom stereocenters. The van der Waals surface area contributed by atoms with Crippen molar-refractivity contribution in [1.82, 2.24) is 5.32 Å². The van der Waals surface area contributed by atoms with Crippen LogP contribution >= 0.6 is 0 Å². The predicted molar refractivity (Wildman–Crippen MR) is 72.9 cm³/mol. The van der Waals surface area contributed by atoms with Crippen LogP contribution in [-0.2, 0) is 11.2 Å². The van der Waals surface area contributed by atoms with E-state index in [9.17, 15) is 9.90 Å². The van der Waals surface area contributed by atoms with Crippen LogP contribution in [0, 0.1) is 5.92 Å². The third-order valence-electron chi connectivity index (χ3n) is 2.58. The molecule has 1 rings (SSSR count). The molecule has 0 aliphatic carbocycles. The number of allylic oxidation sites excluding steroid dienone is 1. The molecule has 0 aromatic heterocycles.